The van der Waals surface area contributed by atoms with Crippen LogP contribution >= 0.6 is 0 Å². The van der Waals surface area contributed by atoms with Crippen LogP contribution in [0, 0.1) is 0 Å². The summed E-state index contributed by atoms with van der Waals surface area (Å²) in [4.78, 5) is 23.7. The maximum atomic E-state index is 11.9. The first kappa shape index (κ1) is 19.0. The van der Waals surface area contributed by atoms with Crippen LogP contribution in [0.25, 0.3) is 0 Å². The van der Waals surface area contributed by atoms with Gasteiger partial charge in [-0.15, -0.1) is 0 Å². The predicted octanol–water partition coefficient (Wildman–Crippen LogP) is 2.44. The molecule has 3 rings (SSSR count). The van der Waals surface area contributed by atoms with Gasteiger partial charge in [0.25, 0.3) is 11.8 Å². The molecule has 0 atom stereocenters. The van der Waals surface area contributed by atoms with Crippen LogP contribution in [0.15, 0.2) is 72.9 Å². The molecule has 0 unspecified atom stereocenters. The fourth-order valence-corrected chi connectivity index (χ4v) is 2.45. The van der Waals surface area contributed by atoms with Gasteiger partial charge in [-0.2, -0.15) is 0 Å². The number of hydrazine groups is 1. The van der Waals surface area contributed by atoms with Crippen LogP contribution in [-0.2, 0) is 18.4 Å². The topological polar surface area (TPSA) is 81.6 Å². The number of benzene rings is 2. The highest BCUT2D eigenvalue weighted by Gasteiger charge is 2.10. The molecule has 0 saturated carbocycles. The summed E-state index contributed by atoms with van der Waals surface area (Å²) in [5.74, 6) is 0.360. The average Bonchev–Trinajstić information content (AvgIpc) is 3.16. The van der Waals surface area contributed by atoms with Crippen LogP contribution in [0.1, 0.15) is 16.1 Å². The summed E-state index contributed by atoms with van der Waals surface area (Å²) < 4.78 is 12.8. The number of amides is 2. The minimum Gasteiger partial charge on any atom is -0.489 e. The molecule has 0 fully saturated rings. The molecule has 0 aliphatic rings. The first-order valence-corrected chi connectivity index (χ1v) is 8.72. The van der Waals surface area contributed by atoms with Crippen molar-refractivity contribution in [2.45, 2.75) is 6.61 Å². The summed E-state index contributed by atoms with van der Waals surface area (Å²) in [7, 11) is 1.74. The number of aromatic nitrogens is 1. The van der Waals surface area contributed by atoms with E-state index < -0.39 is 11.8 Å². The standard InChI is InChI=1S/C21H21N3O4/c1-24-13-5-8-19(24)21(26)23-22-20(25)15-28-18-11-9-17(10-12-18)27-14-16-6-3-2-4-7-16/h2-13H,14-15H2,1H3,(H,22,25)(H,23,26). The second-order valence-corrected chi connectivity index (χ2v) is 6.04. The van der Waals surface area contributed by atoms with Crippen LogP contribution < -0.4 is 20.3 Å². The lowest BCUT2D eigenvalue weighted by molar-refractivity contribution is -0.123. The quantitative estimate of drug-likeness (QED) is 0.618. The van der Waals surface area contributed by atoms with Crippen molar-refractivity contribution in [3.63, 3.8) is 0 Å². The average molecular weight is 379 g/mol. The van der Waals surface area contributed by atoms with Crippen molar-refractivity contribution in [2.24, 2.45) is 7.05 Å². The Morgan fingerprint density at radius 3 is 2.18 bits per heavy atom. The number of ether oxygens (including phenoxy) is 2. The second kappa shape index (κ2) is 9.27. The van der Waals surface area contributed by atoms with E-state index in [1.807, 2.05) is 30.3 Å². The summed E-state index contributed by atoms with van der Waals surface area (Å²) in [6.45, 7) is 0.252. The number of rotatable bonds is 7. The predicted molar refractivity (Wildman–Crippen MR) is 104 cm³/mol. The van der Waals surface area contributed by atoms with E-state index in [2.05, 4.69) is 10.9 Å². The number of hydrogen-bond acceptors (Lipinski definition) is 4. The fraction of sp³-hybridized carbons (Fsp3) is 0.143. The Bertz CT molecular complexity index is 920. The van der Waals surface area contributed by atoms with E-state index in [0.717, 1.165) is 5.56 Å². The van der Waals surface area contributed by atoms with Crippen LogP contribution in [-0.4, -0.2) is 23.0 Å². The van der Waals surface area contributed by atoms with Gasteiger partial charge in [-0.1, -0.05) is 30.3 Å². The zero-order valence-electron chi connectivity index (χ0n) is 15.4. The Balaban J connectivity index is 1.40. The van der Waals surface area contributed by atoms with Gasteiger partial charge in [0, 0.05) is 13.2 Å². The summed E-state index contributed by atoms with van der Waals surface area (Å²) in [6.07, 6.45) is 1.74. The van der Waals surface area contributed by atoms with E-state index in [1.165, 1.54) is 0 Å². The molecule has 7 nitrogen and oxygen atoms in total. The van der Waals surface area contributed by atoms with Crippen LogP contribution in [0.4, 0.5) is 0 Å². The Morgan fingerprint density at radius 1 is 0.857 bits per heavy atom. The Morgan fingerprint density at radius 2 is 1.54 bits per heavy atom. The van der Waals surface area contributed by atoms with Gasteiger partial charge in [0.05, 0.1) is 0 Å². The maximum Gasteiger partial charge on any atom is 0.286 e. The molecular weight excluding hydrogens is 358 g/mol. The molecule has 144 valence electrons. The summed E-state index contributed by atoms with van der Waals surface area (Å²) in [5, 5.41) is 0. The number of carbonyl (C=O) groups is 2. The number of hydrogen-bond donors (Lipinski definition) is 2. The molecule has 1 heterocycles. The van der Waals surface area contributed by atoms with Crippen LogP contribution in [0.3, 0.4) is 0 Å². The Kier molecular flexibility index (Phi) is 6.30. The van der Waals surface area contributed by atoms with E-state index in [4.69, 9.17) is 9.47 Å². The van der Waals surface area contributed by atoms with Crippen molar-refractivity contribution in [1.82, 2.24) is 15.4 Å². The molecule has 0 saturated heterocycles. The molecule has 2 amide bonds. The van der Waals surface area contributed by atoms with Gasteiger partial charge in [-0.05, 0) is 42.0 Å². The molecule has 7 heteroatoms. The molecule has 1 aromatic heterocycles. The molecule has 0 radical (unpaired) electrons. The lowest BCUT2D eigenvalue weighted by Gasteiger charge is -2.10. The molecule has 0 aliphatic heterocycles. The third-order valence-electron chi connectivity index (χ3n) is 3.93. The molecule has 0 bridgehead atoms. The van der Waals surface area contributed by atoms with E-state index in [1.54, 1.807) is 54.2 Å². The Labute approximate surface area is 162 Å². The number of nitrogens with zero attached hydrogens (tertiary/aromatic N) is 1. The minimum absolute atomic E-state index is 0.225. The molecular formula is C21H21N3O4. The first-order chi connectivity index (χ1) is 13.6. The zero-order chi connectivity index (χ0) is 19.8. The van der Waals surface area contributed by atoms with Gasteiger partial charge < -0.3 is 14.0 Å². The van der Waals surface area contributed by atoms with Crippen LogP contribution in [0.5, 0.6) is 11.5 Å². The largest absolute Gasteiger partial charge is 0.489 e. The van der Waals surface area contributed by atoms with E-state index in [9.17, 15) is 9.59 Å². The highest BCUT2D eigenvalue weighted by Crippen LogP contribution is 2.18. The monoisotopic (exact) mass is 379 g/mol. The van der Waals surface area contributed by atoms with Gasteiger partial charge in [-0.25, -0.2) is 0 Å². The highest BCUT2D eigenvalue weighted by atomic mass is 16.5. The molecule has 2 N–H and O–H groups in total. The molecule has 28 heavy (non-hydrogen) atoms. The lowest BCUT2D eigenvalue weighted by Crippen LogP contribution is -2.44. The van der Waals surface area contributed by atoms with Crippen LogP contribution in [0.2, 0.25) is 0 Å². The normalized spacial score (nSPS) is 10.2. The second-order valence-electron chi connectivity index (χ2n) is 6.04. The van der Waals surface area contributed by atoms with Crippen molar-refractivity contribution < 1.29 is 19.1 Å². The molecule has 0 aliphatic carbocycles. The van der Waals surface area contributed by atoms with E-state index in [0.29, 0.717) is 23.8 Å². The van der Waals surface area contributed by atoms with Crippen molar-refractivity contribution in [3.05, 3.63) is 84.2 Å². The molecule has 3 aromatic rings. The van der Waals surface area contributed by atoms with Gasteiger partial charge in [0.1, 0.15) is 23.8 Å². The summed E-state index contributed by atoms with van der Waals surface area (Å²) in [6, 6.07) is 20.2. The number of aryl methyl sites for hydroxylation is 1. The van der Waals surface area contributed by atoms with Gasteiger partial charge in [0.15, 0.2) is 6.61 Å². The third kappa shape index (κ3) is 5.38. The fourth-order valence-electron chi connectivity index (χ4n) is 2.45. The molecule has 0 spiro atoms. The van der Waals surface area contributed by atoms with Crippen molar-refractivity contribution >= 4 is 11.8 Å². The van der Waals surface area contributed by atoms with Gasteiger partial charge >= 0.3 is 0 Å². The lowest BCUT2D eigenvalue weighted by atomic mass is 10.2. The highest BCUT2D eigenvalue weighted by molar-refractivity contribution is 5.94. The Hall–Kier alpha value is -3.74. The summed E-state index contributed by atoms with van der Waals surface area (Å²) >= 11 is 0. The number of carbonyl (C=O) groups excluding carboxylic acids is 2. The third-order valence-corrected chi connectivity index (χ3v) is 3.93. The zero-order valence-corrected chi connectivity index (χ0v) is 15.4. The summed E-state index contributed by atoms with van der Waals surface area (Å²) in [5.41, 5.74) is 6.18. The van der Waals surface area contributed by atoms with Gasteiger partial charge in [-0.3, -0.25) is 20.4 Å². The smallest absolute Gasteiger partial charge is 0.286 e. The van der Waals surface area contributed by atoms with Crippen molar-refractivity contribution in [1.29, 1.82) is 0 Å². The van der Waals surface area contributed by atoms with E-state index >= 15 is 0 Å². The molecule has 2 aromatic carbocycles. The first-order valence-electron chi connectivity index (χ1n) is 8.72. The maximum absolute atomic E-state index is 11.9. The number of nitrogens with one attached hydrogen (secondary N) is 2. The minimum atomic E-state index is -0.466. The van der Waals surface area contributed by atoms with Crippen molar-refractivity contribution in [2.75, 3.05) is 6.61 Å². The van der Waals surface area contributed by atoms with Crippen molar-refractivity contribution in [3.8, 4) is 11.5 Å². The van der Waals surface area contributed by atoms with E-state index in [-0.39, 0.29) is 6.61 Å². The SMILES string of the molecule is Cn1cccc1C(=O)NNC(=O)COc1ccc(OCc2ccccc2)cc1. The van der Waals surface area contributed by atoms with Gasteiger partial charge in [0.2, 0.25) is 0 Å².